The summed E-state index contributed by atoms with van der Waals surface area (Å²) >= 11 is 0. The highest BCUT2D eigenvalue weighted by Crippen LogP contribution is 2.42. The third-order valence-corrected chi connectivity index (χ3v) is 4.36. The highest BCUT2D eigenvalue weighted by atomic mass is 16.6. The van der Waals surface area contributed by atoms with Gasteiger partial charge in [-0.05, 0) is 26.0 Å². The maximum atomic E-state index is 12.5. The minimum atomic E-state index is -1.28. The van der Waals surface area contributed by atoms with E-state index >= 15 is 0 Å². The second kappa shape index (κ2) is 5.92. The first-order chi connectivity index (χ1) is 12.1. The second-order valence-corrected chi connectivity index (χ2v) is 6.44. The van der Waals surface area contributed by atoms with E-state index in [1.54, 1.807) is 13.8 Å². The van der Waals surface area contributed by atoms with Gasteiger partial charge >= 0.3 is 11.2 Å². The number of hydrogen-bond donors (Lipinski definition) is 1. The summed E-state index contributed by atoms with van der Waals surface area (Å²) in [6.07, 6.45) is 0.0180. The molecule has 1 aliphatic rings. The number of nitrogens with zero attached hydrogens (tertiary/aromatic N) is 3. The standard InChI is InChI=1S/C16H15N3O7/c1-16(2)14(20)13(17-7-3-4-11(15(17)21)19(24)25)10-8-9(18(22)23)5-6-12(10)26-16/h3-8,13-14,20H,1-2H3. The zero-order chi connectivity index (χ0) is 19.2. The van der Waals surface area contributed by atoms with Crippen LogP contribution in [-0.2, 0) is 0 Å². The molecular formula is C16H15N3O7. The van der Waals surface area contributed by atoms with Crippen molar-refractivity contribution in [1.82, 2.24) is 4.57 Å². The third kappa shape index (κ3) is 2.69. The molecular weight excluding hydrogens is 346 g/mol. The lowest BCUT2D eigenvalue weighted by Gasteiger charge is -2.42. The number of aromatic nitrogens is 1. The predicted octanol–water partition coefficient (Wildman–Crippen LogP) is 1.79. The Bertz CT molecular complexity index is 967. The van der Waals surface area contributed by atoms with Crippen molar-refractivity contribution < 1.29 is 19.7 Å². The summed E-state index contributed by atoms with van der Waals surface area (Å²) in [5.74, 6) is 0.259. The van der Waals surface area contributed by atoms with Crippen molar-refractivity contribution in [2.24, 2.45) is 0 Å². The van der Waals surface area contributed by atoms with E-state index in [1.807, 2.05) is 0 Å². The van der Waals surface area contributed by atoms with Gasteiger partial charge in [-0.15, -0.1) is 0 Å². The van der Waals surface area contributed by atoms with Crippen LogP contribution in [0, 0.1) is 20.2 Å². The number of fused-ring (bicyclic) bond motifs is 1. The van der Waals surface area contributed by atoms with Gasteiger partial charge in [-0.2, -0.15) is 0 Å². The van der Waals surface area contributed by atoms with E-state index in [4.69, 9.17) is 4.74 Å². The van der Waals surface area contributed by atoms with Gasteiger partial charge in [-0.25, -0.2) is 0 Å². The van der Waals surface area contributed by atoms with E-state index in [1.165, 1.54) is 30.5 Å². The lowest BCUT2D eigenvalue weighted by molar-refractivity contribution is -0.386. The van der Waals surface area contributed by atoms with Crippen LogP contribution in [0.25, 0.3) is 0 Å². The van der Waals surface area contributed by atoms with Gasteiger partial charge in [-0.1, -0.05) is 0 Å². The van der Waals surface area contributed by atoms with Gasteiger partial charge in [0, 0.05) is 30.0 Å². The molecule has 2 unspecified atom stereocenters. The lowest BCUT2D eigenvalue weighted by Crippen LogP contribution is -2.52. The zero-order valence-electron chi connectivity index (χ0n) is 13.9. The van der Waals surface area contributed by atoms with Gasteiger partial charge in [0.15, 0.2) is 0 Å². The van der Waals surface area contributed by atoms with Crippen LogP contribution < -0.4 is 10.3 Å². The number of pyridine rings is 1. The van der Waals surface area contributed by atoms with E-state index in [-0.39, 0.29) is 17.0 Å². The average molecular weight is 361 g/mol. The minimum absolute atomic E-state index is 0.202. The quantitative estimate of drug-likeness (QED) is 0.649. The number of hydrogen-bond acceptors (Lipinski definition) is 7. The molecule has 2 aromatic rings. The van der Waals surface area contributed by atoms with Gasteiger partial charge in [0.1, 0.15) is 17.5 Å². The van der Waals surface area contributed by atoms with Gasteiger partial charge < -0.3 is 9.84 Å². The molecule has 0 radical (unpaired) electrons. The van der Waals surface area contributed by atoms with Gasteiger partial charge in [0.2, 0.25) is 0 Å². The molecule has 10 nitrogen and oxygen atoms in total. The van der Waals surface area contributed by atoms with Crippen molar-refractivity contribution in [3.63, 3.8) is 0 Å². The summed E-state index contributed by atoms with van der Waals surface area (Å²) in [4.78, 5) is 33.3. The molecule has 1 N–H and O–H groups in total. The summed E-state index contributed by atoms with van der Waals surface area (Å²) in [6, 6.07) is 5.12. The Morgan fingerprint density at radius 2 is 1.88 bits per heavy atom. The second-order valence-electron chi connectivity index (χ2n) is 6.44. The van der Waals surface area contributed by atoms with Crippen molar-refractivity contribution in [1.29, 1.82) is 0 Å². The normalized spacial score (nSPS) is 20.7. The molecule has 0 bridgehead atoms. The third-order valence-electron chi connectivity index (χ3n) is 4.36. The van der Waals surface area contributed by atoms with Gasteiger partial charge in [-0.3, -0.25) is 29.6 Å². The molecule has 136 valence electrons. The monoisotopic (exact) mass is 361 g/mol. The Balaban J connectivity index is 2.28. The summed E-state index contributed by atoms with van der Waals surface area (Å²) < 4.78 is 6.72. The fourth-order valence-corrected chi connectivity index (χ4v) is 3.03. The highest BCUT2D eigenvalue weighted by Gasteiger charge is 2.45. The number of aliphatic hydroxyl groups excluding tert-OH is 1. The largest absolute Gasteiger partial charge is 0.485 e. The van der Waals surface area contributed by atoms with E-state index in [0.29, 0.717) is 0 Å². The molecule has 1 aromatic heterocycles. The highest BCUT2D eigenvalue weighted by molar-refractivity contribution is 5.48. The van der Waals surface area contributed by atoms with E-state index < -0.39 is 38.8 Å². The molecule has 0 saturated heterocycles. The number of aliphatic hydroxyl groups is 1. The number of non-ortho nitro benzene ring substituents is 1. The Labute approximate surface area is 146 Å². The topological polar surface area (TPSA) is 138 Å². The Morgan fingerprint density at radius 3 is 2.50 bits per heavy atom. The molecule has 26 heavy (non-hydrogen) atoms. The minimum Gasteiger partial charge on any atom is -0.485 e. The Morgan fingerprint density at radius 1 is 1.19 bits per heavy atom. The fraction of sp³-hybridized carbons (Fsp3) is 0.312. The molecule has 0 saturated carbocycles. The SMILES string of the molecule is CC1(C)Oc2ccc([N+](=O)[O-])cc2C(n2cccc([N+](=O)[O-])c2=O)C1O. The van der Waals surface area contributed by atoms with Crippen LogP contribution in [0.3, 0.4) is 0 Å². The van der Waals surface area contributed by atoms with E-state index in [2.05, 4.69) is 0 Å². The van der Waals surface area contributed by atoms with Crippen LogP contribution in [0.2, 0.25) is 0 Å². The summed E-state index contributed by atoms with van der Waals surface area (Å²) in [5.41, 5.74) is -2.75. The molecule has 1 aliphatic heterocycles. The van der Waals surface area contributed by atoms with E-state index in [9.17, 15) is 30.1 Å². The molecule has 0 spiro atoms. The average Bonchev–Trinajstić information content (AvgIpc) is 2.56. The lowest BCUT2D eigenvalue weighted by atomic mass is 9.86. The van der Waals surface area contributed by atoms with Crippen LogP contribution in [0.4, 0.5) is 11.4 Å². The maximum Gasteiger partial charge on any atom is 0.334 e. The molecule has 0 fully saturated rings. The van der Waals surface area contributed by atoms with Crippen molar-refractivity contribution >= 4 is 11.4 Å². The van der Waals surface area contributed by atoms with Crippen LogP contribution in [0.5, 0.6) is 5.75 Å². The number of benzene rings is 1. The molecule has 2 heterocycles. The van der Waals surface area contributed by atoms with Crippen molar-refractivity contribution in [3.05, 3.63) is 72.7 Å². The van der Waals surface area contributed by atoms with Gasteiger partial charge in [0.05, 0.1) is 15.9 Å². The summed E-state index contributed by atoms with van der Waals surface area (Å²) in [6.45, 7) is 3.19. The van der Waals surface area contributed by atoms with Crippen molar-refractivity contribution in [2.75, 3.05) is 0 Å². The first kappa shape index (κ1) is 17.5. The fourth-order valence-electron chi connectivity index (χ4n) is 3.03. The molecule has 0 aliphatic carbocycles. The van der Waals surface area contributed by atoms with Crippen LogP contribution in [0.15, 0.2) is 41.3 Å². The number of rotatable bonds is 3. The maximum absolute atomic E-state index is 12.5. The molecule has 0 amide bonds. The predicted molar refractivity (Wildman–Crippen MR) is 89.3 cm³/mol. The number of nitro groups is 2. The Hall–Kier alpha value is -3.27. The Kier molecular flexibility index (Phi) is 3.99. The number of ether oxygens (including phenoxy) is 1. The first-order valence-electron chi connectivity index (χ1n) is 7.64. The molecule has 2 atom stereocenters. The summed E-state index contributed by atoms with van der Waals surface area (Å²) in [5, 5.41) is 32.9. The smallest absolute Gasteiger partial charge is 0.334 e. The van der Waals surface area contributed by atoms with E-state index in [0.717, 1.165) is 10.6 Å². The first-order valence-corrected chi connectivity index (χ1v) is 7.64. The van der Waals surface area contributed by atoms with Crippen molar-refractivity contribution in [3.8, 4) is 5.75 Å². The van der Waals surface area contributed by atoms with Crippen LogP contribution in [-0.4, -0.2) is 31.2 Å². The number of nitro benzene ring substituents is 1. The molecule has 1 aromatic carbocycles. The van der Waals surface area contributed by atoms with Crippen LogP contribution >= 0.6 is 0 Å². The van der Waals surface area contributed by atoms with Gasteiger partial charge in [0.25, 0.3) is 5.69 Å². The molecule has 10 heteroatoms. The summed E-state index contributed by atoms with van der Waals surface area (Å²) in [7, 11) is 0. The van der Waals surface area contributed by atoms with Crippen LogP contribution in [0.1, 0.15) is 25.5 Å². The molecule has 3 rings (SSSR count). The van der Waals surface area contributed by atoms with Crippen molar-refractivity contribution in [2.45, 2.75) is 31.6 Å². The zero-order valence-corrected chi connectivity index (χ0v) is 13.9.